The van der Waals surface area contributed by atoms with Gasteiger partial charge >= 0.3 is 0 Å². The van der Waals surface area contributed by atoms with Crippen molar-refractivity contribution in [2.45, 2.75) is 38.6 Å². The molecule has 2 saturated heterocycles. The molecule has 176 valence electrons. The first-order valence-corrected chi connectivity index (χ1v) is 11.0. The highest BCUT2D eigenvalue weighted by Crippen LogP contribution is 2.34. The van der Waals surface area contributed by atoms with Crippen molar-refractivity contribution >= 4 is 23.6 Å². The lowest BCUT2D eigenvalue weighted by molar-refractivity contribution is -0.143. The summed E-state index contributed by atoms with van der Waals surface area (Å²) >= 11 is 0. The van der Waals surface area contributed by atoms with E-state index in [2.05, 4.69) is 5.32 Å². The van der Waals surface area contributed by atoms with Gasteiger partial charge in [0.25, 0.3) is 5.91 Å². The van der Waals surface area contributed by atoms with Crippen LogP contribution in [0.3, 0.4) is 0 Å². The topological polar surface area (TPSA) is 105 Å². The van der Waals surface area contributed by atoms with Crippen molar-refractivity contribution in [3.05, 3.63) is 64.6 Å². The fraction of sp³-hybridized carbons (Fsp3) is 0.360. The van der Waals surface area contributed by atoms with Crippen LogP contribution in [0.1, 0.15) is 45.4 Å². The first kappa shape index (κ1) is 17.7. The smallest absolute Gasteiger partial charge is 0.255 e. The van der Waals surface area contributed by atoms with Crippen LogP contribution in [0.25, 0.3) is 0 Å². The van der Waals surface area contributed by atoms with Gasteiger partial charge in [0.15, 0.2) is 0 Å². The molecule has 5 rings (SSSR count). The second kappa shape index (κ2) is 9.26. The van der Waals surface area contributed by atoms with E-state index in [1.54, 1.807) is 18.2 Å². The molecule has 2 aromatic carbocycles. The van der Waals surface area contributed by atoms with Gasteiger partial charge in [-0.3, -0.25) is 24.5 Å². The normalized spacial score (nSPS) is 23.0. The average molecular weight is 468 g/mol. The van der Waals surface area contributed by atoms with Gasteiger partial charge < -0.3 is 19.3 Å². The summed E-state index contributed by atoms with van der Waals surface area (Å²) in [6.07, 6.45) is 0.382. The second-order valence-corrected chi connectivity index (χ2v) is 8.22. The molecule has 9 heteroatoms. The number of amides is 4. The fourth-order valence-electron chi connectivity index (χ4n) is 4.20. The Morgan fingerprint density at radius 3 is 2.82 bits per heavy atom. The molecule has 1 N–H and O–H groups in total. The summed E-state index contributed by atoms with van der Waals surface area (Å²) in [5.41, 5.74) is 1.15. The first-order valence-electron chi connectivity index (χ1n) is 13.0. The van der Waals surface area contributed by atoms with Crippen LogP contribution in [0.5, 0.6) is 5.75 Å². The number of benzene rings is 2. The van der Waals surface area contributed by atoms with Crippen LogP contribution in [0.2, 0.25) is 0 Å². The standard InChI is InChI=1S/C25H25N3O6/c29-22-9-8-20(24(31)26-22)28-13-19-18(25(28)32)2-1-3-21(19)34-14-17-6-4-16(5-7-17)12-27-10-11-33-15-23(27)30/h1-7,20H,8-15H2,(H,26,29,31)/i4D,5D,6D,12D. The summed E-state index contributed by atoms with van der Waals surface area (Å²) in [5, 5.41) is 2.27. The number of carbonyl (C=O) groups is 4. The van der Waals surface area contributed by atoms with E-state index >= 15 is 0 Å². The Balaban J connectivity index is 1.35. The molecule has 3 aliphatic heterocycles. The predicted octanol–water partition coefficient (Wildman–Crippen LogP) is 1.39. The molecule has 3 aliphatic rings. The number of morpholine rings is 1. The molecule has 2 atom stereocenters. The highest BCUT2D eigenvalue weighted by Gasteiger charge is 2.40. The largest absolute Gasteiger partial charge is 0.489 e. The van der Waals surface area contributed by atoms with Crippen LogP contribution in [0.4, 0.5) is 0 Å². The van der Waals surface area contributed by atoms with Gasteiger partial charge in [-0.15, -0.1) is 0 Å². The van der Waals surface area contributed by atoms with Crippen LogP contribution in [0.15, 0.2) is 42.4 Å². The average Bonchev–Trinajstić information content (AvgIpc) is 3.22. The summed E-state index contributed by atoms with van der Waals surface area (Å²) in [7, 11) is 0. The van der Waals surface area contributed by atoms with Gasteiger partial charge in [-0.05, 0) is 29.7 Å². The van der Waals surface area contributed by atoms with Crippen molar-refractivity contribution in [3.8, 4) is 5.75 Å². The molecule has 0 bridgehead atoms. The first-order chi connectivity index (χ1) is 18.2. The highest BCUT2D eigenvalue weighted by molar-refractivity contribution is 6.05. The minimum Gasteiger partial charge on any atom is -0.489 e. The summed E-state index contributed by atoms with van der Waals surface area (Å²) in [5.74, 6) is -1.27. The van der Waals surface area contributed by atoms with Gasteiger partial charge in [-0.2, -0.15) is 0 Å². The number of hydrogen-bond donors (Lipinski definition) is 1. The zero-order valence-corrected chi connectivity index (χ0v) is 18.3. The van der Waals surface area contributed by atoms with Crippen molar-refractivity contribution in [3.63, 3.8) is 0 Å². The van der Waals surface area contributed by atoms with Crippen LogP contribution in [-0.4, -0.2) is 59.2 Å². The van der Waals surface area contributed by atoms with E-state index in [0.717, 1.165) is 0 Å². The molecule has 2 fully saturated rings. The minimum absolute atomic E-state index is 0.0416. The van der Waals surface area contributed by atoms with Crippen molar-refractivity contribution in [1.29, 1.82) is 0 Å². The summed E-state index contributed by atoms with van der Waals surface area (Å²) in [4.78, 5) is 51.6. The number of imide groups is 1. The molecule has 9 nitrogen and oxygen atoms in total. The lowest BCUT2D eigenvalue weighted by Crippen LogP contribution is -2.52. The molecule has 0 spiro atoms. The Hall–Kier alpha value is -3.72. The number of hydrogen-bond acceptors (Lipinski definition) is 6. The maximum Gasteiger partial charge on any atom is 0.255 e. The van der Waals surface area contributed by atoms with Crippen molar-refractivity contribution in [2.75, 3.05) is 19.8 Å². The Morgan fingerprint density at radius 2 is 2.00 bits per heavy atom. The highest BCUT2D eigenvalue weighted by atomic mass is 16.5. The summed E-state index contributed by atoms with van der Waals surface area (Å²) in [6, 6.07) is 4.82. The number of carbonyl (C=O) groups excluding carboxylic acids is 4. The Bertz CT molecular complexity index is 1350. The molecular formula is C25H25N3O6. The molecule has 34 heavy (non-hydrogen) atoms. The van der Waals surface area contributed by atoms with E-state index in [4.69, 9.17) is 15.0 Å². The van der Waals surface area contributed by atoms with Gasteiger partial charge in [0.2, 0.25) is 17.7 Å². The van der Waals surface area contributed by atoms with E-state index in [9.17, 15) is 19.2 Å². The van der Waals surface area contributed by atoms with Crippen molar-refractivity contribution in [1.82, 2.24) is 15.1 Å². The zero-order chi connectivity index (χ0) is 27.1. The Labute approximate surface area is 202 Å². The van der Waals surface area contributed by atoms with E-state index in [1.165, 1.54) is 15.9 Å². The minimum atomic E-state index is -1.30. The lowest BCUT2D eigenvalue weighted by Gasteiger charge is -2.29. The van der Waals surface area contributed by atoms with E-state index in [-0.39, 0.29) is 86.8 Å². The molecule has 4 amide bonds. The Kier molecular flexibility index (Phi) is 4.83. The maximum absolute atomic E-state index is 13.0. The third kappa shape index (κ3) is 4.38. The Morgan fingerprint density at radius 1 is 1.15 bits per heavy atom. The molecule has 2 aromatic rings. The lowest BCUT2D eigenvalue weighted by atomic mass is 10.0. The third-order valence-electron chi connectivity index (χ3n) is 5.99. The van der Waals surface area contributed by atoms with Crippen LogP contribution in [-0.2, 0) is 38.8 Å². The number of nitrogens with zero attached hydrogens (tertiary/aromatic N) is 2. The van der Waals surface area contributed by atoms with Crippen LogP contribution in [0, 0.1) is 0 Å². The van der Waals surface area contributed by atoms with Gasteiger partial charge in [0, 0.05) is 30.6 Å². The summed E-state index contributed by atoms with van der Waals surface area (Å²) in [6.45, 7) is -1.10. The zero-order valence-electron chi connectivity index (χ0n) is 22.3. The quantitative estimate of drug-likeness (QED) is 0.644. The van der Waals surface area contributed by atoms with E-state index in [1.807, 2.05) is 0 Å². The number of fused-ring (bicyclic) bond motifs is 1. The van der Waals surface area contributed by atoms with Gasteiger partial charge in [0.05, 0.1) is 18.6 Å². The van der Waals surface area contributed by atoms with Crippen LogP contribution >= 0.6 is 0 Å². The van der Waals surface area contributed by atoms with Gasteiger partial charge in [0.1, 0.15) is 25.0 Å². The molecule has 0 radical (unpaired) electrons. The molecule has 0 aliphatic carbocycles. The molecule has 0 aromatic heterocycles. The molecular weight excluding hydrogens is 438 g/mol. The van der Waals surface area contributed by atoms with Gasteiger partial charge in [-0.25, -0.2) is 0 Å². The van der Waals surface area contributed by atoms with E-state index in [0.29, 0.717) is 16.9 Å². The van der Waals surface area contributed by atoms with Gasteiger partial charge in [-0.1, -0.05) is 30.3 Å². The number of rotatable bonds is 6. The third-order valence-corrected chi connectivity index (χ3v) is 5.99. The number of ether oxygens (including phenoxy) is 2. The monoisotopic (exact) mass is 467 g/mol. The van der Waals surface area contributed by atoms with Crippen molar-refractivity contribution in [2.24, 2.45) is 0 Å². The fourth-order valence-corrected chi connectivity index (χ4v) is 4.20. The second-order valence-electron chi connectivity index (χ2n) is 8.22. The molecule has 3 heterocycles. The summed E-state index contributed by atoms with van der Waals surface area (Å²) < 4.78 is 44.8. The number of piperidine rings is 1. The van der Waals surface area contributed by atoms with Crippen LogP contribution < -0.4 is 10.1 Å². The maximum atomic E-state index is 13.0. The van der Waals surface area contributed by atoms with Crippen molar-refractivity contribution < 1.29 is 34.1 Å². The molecule has 0 saturated carbocycles. The van der Waals surface area contributed by atoms with E-state index < -0.39 is 24.4 Å². The molecule has 2 unspecified atom stereocenters. The number of nitrogens with one attached hydrogen (secondary N) is 1. The predicted molar refractivity (Wildman–Crippen MR) is 119 cm³/mol. The SMILES string of the molecule is [2H]c1cc(COc2cccc3c2CN(C2CCC(=O)NC2=O)C3=O)c([2H])c([2H])c1C([2H])N1CCOCC1=O.